The molecule has 1 heterocycles. The summed E-state index contributed by atoms with van der Waals surface area (Å²) in [5.41, 5.74) is 0. The molecular formula is C13H27N3O2S. The molecule has 112 valence electrons. The van der Waals surface area contributed by atoms with Crippen LogP contribution in [0.25, 0.3) is 0 Å². The Morgan fingerprint density at radius 3 is 2.37 bits per heavy atom. The van der Waals surface area contributed by atoms with Crippen LogP contribution in [-0.4, -0.2) is 57.8 Å². The van der Waals surface area contributed by atoms with E-state index in [4.69, 9.17) is 0 Å². The highest BCUT2D eigenvalue weighted by Crippen LogP contribution is 2.18. The van der Waals surface area contributed by atoms with Crippen molar-refractivity contribution in [1.29, 1.82) is 0 Å². The average Bonchev–Trinajstić information content (AvgIpc) is 3.15. The van der Waals surface area contributed by atoms with Crippen LogP contribution in [0, 0.1) is 0 Å². The maximum Gasteiger partial charge on any atom is 0.211 e. The minimum absolute atomic E-state index is 0.144. The number of nitrogens with one attached hydrogen (secondary N) is 2. The van der Waals surface area contributed by atoms with Crippen molar-refractivity contribution in [1.82, 2.24) is 14.9 Å². The molecule has 0 unspecified atom stereocenters. The zero-order chi connectivity index (χ0) is 13.7. The summed E-state index contributed by atoms with van der Waals surface area (Å²) in [6.45, 7) is 2.92. The number of hydrogen-bond acceptors (Lipinski definition) is 4. The summed E-state index contributed by atoms with van der Waals surface area (Å²) < 4.78 is 26.7. The van der Waals surface area contributed by atoms with Crippen LogP contribution in [0.15, 0.2) is 0 Å². The van der Waals surface area contributed by atoms with Crippen LogP contribution in [0.5, 0.6) is 0 Å². The normalized spacial score (nSPS) is 22.8. The minimum Gasteiger partial charge on any atom is -0.314 e. The van der Waals surface area contributed by atoms with Gasteiger partial charge in [0.25, 0.3) is 0 Å². The van der Waals surface area contributed by atoms with E-state index in [2.05, 4.69) is 22.0 Å². The minimum atomic E-state index is -3.08. The number of hydrogen-bond donors (Lipinski definition) is 2. The van der Waals surface area contributed by atoms with Gasteiger partial charge in [-0.1, -0.05) is 0 Å². The fourth-order valence-electron chi connectivity index (χ4n) is 2.45. The maximum absolute atomic E-state index is 11.9. The smallest absolute Gasteiger partial charge is 0.211 e. The second-order valence-corrected chi connectivity index (χ2v) is 7.82. The van der Waals surface area contributed by atoms with Gasteiger partial charge in [-0.15, -0.1) is 0 Å². The van der Waals surface area contributed by atoms with Gasteiger partial charge in [-0.05, 0) is 65.2 Å². The van der Waals surface area contributed by atoms with Gasteiger partial charge in [0.2, 0.25) is 10.0 Å². The molecule has 0 spiro atoms. The van der Waals surface area contributed by atoms with Gasteiger partial charge in [0.1, 0.15) is 0 Å². The lowest BCUT2D eigenvalue weighted by atomic mass is 10.1. The molecule has 0 aromatic carbocycles. The first-order valence-corrected chi connectivity index (χ1v) is 9.12. The van der Waals surface area contributed by atoms with Gasteiger partial charge in [-0.25, -0.2) is 13.1 Å². The monoisotopic (exact) mass is 289 g/mol. The fourth-order valence-corrected chi connectivity index (χ4v) is 3.90. The van der Waals surface area contributed by atoms with Crippen molar-refractivity contribution in [2.75, 3.05) is 32.4 Å². The summed E-state index contributed by atoms with van der Waals surface area (Å²) in [7, 11) is -0.999. The highest BCUT2D eigenvalue weighted by molar-refractivity contribution is 7.89. The van der Waals surface area contributed by atoms with Crippen LogP contribution >= 0.6 is 0 Å². The molecule has 2 N–H and O–H groups in total. The molecule has 5 nitrogen and oxygen atoms in total. The third-order valence-corrected chi connectivity index (χ3v) is 5.43. The number of piperidine rings is 1. The highest BCUT2D eigenvalue weighted by Gasteiger charge is 2.22. The van der Waals surface area contributed by atoms with Gasteiger partial charge in [0, 0.05) is 12.1 Å². The summed E-state index contributed by atoms with van der Waals surface area (Å²) in [6.07, 6.45) is 6.14. The van der Waals surface area contributed by atoms with E-state index in [0.717, 1.165) is 45.3 Å². The molecule has 0 atom stereocenters. The van der Waals surface area contributed by atoms with Crippen LogP contribution < -0.4 is 10.0 Å². The quantitative estimate of drug-likeness (QED) is 0.640. The molecule has 1 saturated heterocycles. The third kappa shape index (κ3) is 6.21. The number of nitrogens with zero attached hydrogens (tertiary/aromatic N) is 1. The van der Waals surface area contributed by atoms with Gasteiger partial charge in [-0.2, -0.15) is 0 Å². The third-order valence-electron chi connectivity index (χ3n) is 3.91. The molecule has 1 aliphatic carbocycles. The number of rotatable bonds is 8. The van der Waals surface area contributed by atoms with Crippen LogP contribution in [0.3, 0.4) is 0 Å². The second-order valence-electron chi connectivity index (χ2n) is 5.95. The van der Waals surface area contributed by atoms with Crippen molar-refractivity contribution in [3.63, 3.8) is 0 Å². The lowest BCUT2D eigenvalue weighted by Gasteiger charge is -2.29. The Labute approximate surface area is 117 Å². The summed E-state index contributed by atoms with van der Waals surface area (Å²) in [6, 6.07) is 0.861. The van der Waals surface area contributed by atoms with E-state index in [0.29, 0.717) is 6.04 Å². The van der Waals surface area contributed by atoms with E-state index in [1.807, 2.05) is 0 Å². The molecule has 2 aliphatic rings. The van der Waals surface area contributed by atoms with Gasteiger partial charge >= 0.3 is 0 Å². The summed E-state index contributed by atoms with van der Waals surface area (Å²) >= 11 is 0. The molecule has 0 aromatic rings. The molecule has 1 aliphatic heterocycles. The van der Waals surface area contributed by atoms with Crippen molar-refractivity contribution in [2.24, 2.45) is 0 Å². The van der Waals surface area contributed by atoms with Crippen molar-refractivity contribution in [3.8, 4) is 0 Å². The van der Waals surface area contributed by atoms with E-state index >= 15 is 0 Å². The molecule has 19 heavy (non-hydrogen) atoms. The largest absolute Gasteiger partial charge is 0.314 e. The number of sulfonamides is 1. The van der Waals surface area contributed by atoms with Gasteiger partial charge in [-0.3, -0.25) is 0 Å². The zero-order valence-electron chi connectivity index (χ0n) is 11.9. The lowest BCUT2D eigenvalue weighted by Crippen LogP contribution is -2.44. The van der Waals surface area contributed by atoms with E-state index in [9.17, 15) is 8.42 Å². The molecule has 0 radical (unpaired) electrons. The first kappa shape index (κ1) is 15.2. The predicted octanol–water partition coefficient (Wildman–Crippen LogP) is 0.532. The fraction of sp³-hybridized carbons (Fsp3) is 1.00. The Bertz CT molecular complexity index is 360. The summed E-state index contributed by atoms with van der Waals surface area (Å²) in [4.78, 5) is 2.24. The molecule has 6 heteroatoms. The highest BCUT2D eigenvalue weighted by atomic mass is 32.2. The zero-order valence-corrected chi connectivity index (χ0v) is 12.7. The first-order chi connectivity index (χ1) is 9.05. The Balaban J connectivity index is 1.57. The Morgan fingerprint density at radius 2 is 1.74 bits per heavy atom. The molecule has 2 rings (SSSR count). The van der Waals surface area contributed by atoms with Crippen molar-refractivity contribution in [2.45, 2.75) is 50.6 Å². The van der Waals surface area contributed by atoms with Crippen molar-refractivity contribution >= 4 is 10.0 Å². The molecular weight excluding hydrogens is 262 g/mol. The van der Waals surface area contributed by atoms with E-state index in [1.165, 1.54) is 12.8 Å². The Kier molecular flexibility index (Phi) is 5.62. The molecule has 0 aromatic heterocycles. The standard InChI is InChI=1S/C13H27N3O2S/c1-16-9-6-13(7-10-16)15-19(17,18)11-3-2-8-14-12-4-5-12/h12-15H,2-11H2,1H3. The van der Waals surface area contributed by atoms with Crippen LogP contribution in [0.4, 0.5) is 0 Å². The number of unbranched alkanes of at least 4 members (excludes halogenated alkanes) is 1. The molecule has 0 amide bonds. The number of likely N-dealkylation sites (tertiary alicyclic amines) is 1. The SMILES string of the molecule is CN1CCC(NS(=O)(=O)CCCCNC2CC2)CC1. The van der Waals surface area contributed by atoms with E-state index in [1.54, 1.807) is 0 Å². The Hall–Kier alpha value is -0.170. The van der Waals surface area contributed by atoms with Crippen molar-refractivity contribution in [3.05, 3.63) is 0 Å². The predicted molar refractivity (Wildman–Crippen MR) is 77.7 cm³/mol. The Morgan fingerprint density at radius 1 is 1.05 bits per heavy atom. The van der Waals surface area contributed by atoms with E-state index < -0.39 is 10.0 Å². The van der Waals surface area contributed by atoms with E-state index in [-0.39, 0.29) is 11.8 Å². The van der Waals surface area contributed by atoms with Crippen LogP contribution in [-0.2, 0) is 10.0 Å². The summed E-state index contributed by atoms with van der Waals surface area (Å²) in [5.74, 6) is 0.270. The molecule has 1 saturated carbocycles. The van der Waals surface area contributed by atoms with Crippen LogP contribution in [0.2, 0.25) is 0 Å². The van der Waals surface area contributed by atoms with Crippen LogP contribution in [0.1, 0.15) is 38.5 Å². The lowest BCUT2D eigenvalue weighted by molar-refractivity contribution is 0.248. The maximum atomic E-state index is 11.9. The first-order valence-electron chi connectivity index (χ1n) is 7.47. The van der Waals surface area contributed by atoms with Gasteiger partial charge in [0.05, 0.1) is 5.75 Å². The van der Waals surface area contributed by atoms with Crippen molar-refractivity contribution < 1.29 is 8.42 Å². The van der Waals surface area contributed by atoms with Gasteiger partial charge < -0.3 is 10.2 Å². The summed E-state index contributed by atoms with van der Waals surface area (Å²) in [5, 5.41) is 3.41. The second kappa shape index (κ2) is 7.02. The van der Waals surface area contributed by atoms with Gasteiger partial charge in [0.15, 0.2) is 0 Å². The molecule has 0 bridgehead atoms. The molecule has 2 fully saturated rings. The topological polar surface area (TPSA) is 61.4 Å². The average molecular weight is 289 g/mol.